The lowest BCUT2D eigenvalue weighted by Crippen LogP contribution is -2.59. The van der Waals surface area contributed by atoms with Gasteiger partial charge in [-0.15, -0.1) is 0 Å². The topological polar surface area (TPSA) is 49.8 Å². The number of hydrogen-bond donors (Lipinski definition) is 1. The number of benzene rings is 3. The molecule has 6 rings (SSSR count). The van der Waals surface area contributed by atoms with E-state index in [-0.39, 0.29) is 43.0 Å². The summed E-state index contributed by atoms with van der Waals surface area (Å²) in [6, 6.07) is 20.7. The van der Waals surface area contributed by atoms with E-state index < -0.39 is 23.4 Å². The van der Waals surface area contributed by atoms with Crippen LogP contribution in [0.4, 0.5) is 18.0 Å². The second kappa shape index (κ2) is 8.91. The summed E-state index contributed by atoms with van der Waals surface area (Å²) >= 11 is 0. The number of aliphatic hydroxyl groups is 1. The van der Waals surface area contributed by atoms with E-state index in [9.17, 15) is 23.1 Å². The molecular weight excluding hydrogens is 479 g/mol. The van der Waals surface area contributed by atoms with Crippen LogP contribution >= 0.6 is 0 Å². The molecule has 37 heavy (non-hydrogen) atoms. The van der Waals surface area contributed by atoms with E-state index in [1.54, 1.807) is 11.0 Å². The van der Waals surface area contributed by atoms with Gasteiger partial charge in [-0.1, -0.05) is 60.7 Å². The van der Waals surface area contributed by atoms with Crippen molar-refractivity contribution in [3.63, 3.8) is 0 Å². The van der Waals surface area contributed by atoms with Crippen molar-refractivity contribution >= 4 is 6.09 Å². The van der Waals surface area contributed by atoms with E-state index in [0.717, 1.165) is 40.8 Å². The highest BCUT2D eigenvalue weighted by atomic mass is 19.4. The molecule has 0 spiro atoms. The SMILES string of the molecule is O=C(OCC1c2ccccc2-c2ccccc21)N1C2CCCC1CC(O)(c1cccc(C(F)(F)F)c1)C2. The molecule has 192 valence electrons. The van der Waals surface area contributed by atoms with E-state index in [0.29, 0.717) is 12.8 Å². The number of halogens is 3. The maximum absolute atomic E-state index is 13.4. The maximum Gasteiger partial charge on any atom is 0.416 e. The fourth-order valence-electron chi connectivity index (χ4n) is 6.62. The van der Waals surface area contributed by atoms with Crippen LogP contribution in [0, 0.1) is 0 Å². The Labute approximate surface area is 213 Å². The summed E-state index contributed by atoms with van der Waals surface area (Å²) in [6.45, 7) is 0.209. The predicted molar refractivity (Wildman–Crippen MR) is 133 cm³/mol. The standard InChI is InChI=1S/C30H28F3NO3/c31-30(32,33)20-8-5-7-19(15-20)29(36)16-21-9-6-10-22(17-29)34(21)28(35)37-18-27-25-13-3-1-11-23(25)24-12-2-4-14-26(24)27/h1-5,7-8,11-15,21-22,27,36H,6,9-10,16-18H2. The molecule has 3 aromatic carbocycles. The number of amides is 1. The van der Waals surface area contributed by atoms with Gasteiger partial charge in [-0.05, 0) is 59.2 Å². The first-order valence-corrected chi connectivity index (χ1v) is 12.8. The van der Waals surface area contributed by atoms with Gasteiger partial charge in [0.1, 0.15) is 6.61 Å². The van der Waals surface area contributed by atoms with E-state index >= 15 is 0 Å². The fourth-order valence-corrected chi connectivity index (χ4v) is 6.62. The van der Waals surface area contributed by atoms with E-state index in [1.165, 1.54) is 6.07 Å². The fraction of sp³-hybridized carbons (Fsp3) is 0.367. The Morgan fingerprint density at radius 3 is 2.11 bits per heavy atom. The summed E-state index contributed by atoms with van der Waals surface area (Å²) in [5.74, 6) is -0.0528. The zero-order valence-electron chi connectivity index (χ0n) is 20.2. The molecule has 2 fully saturated rings. The molecule has 1 amide bonds. The quantitative estimate of drug-likeness (QED) is 0.421. The second-order valence-corrected chi connectivity index (χ2v) is 10.5. The molecule has 2 saturated heterocycles. The number of rotatable bonds is 3. The molecule has 2 aliphatic heterocycles. The first-order chi connectivity index (χ1) is 17.7. The maximum atomic E-state index is 13.4. The zero-order chi connectivity index (χ0) is 25.8. The van der Waals surface area contributed by atoms with Crippen molar-refractivity contribution in [1.29, 1.82) is 0 Å². The molecule has 0 aromatic heterocycles. The Bertz CT molecular complexity index is 1280. The number of hydrogen-bond acceptors (Lipinski definition) is 3. The van der Waals surface area contributed by atoms with Crippen molar-refractivity contribution in [1.82, 2.24) is 4.90 Å². The van der Waals surface area contributed by atoms with Crippen LogP contribution in [0.5, 0.6) is 0 Å². The van der Waals surface area contributed by atoms with Gasteiger partial charge in [0.25, 0.3) is 0 Å². The average Bonchev–Trinajstić information content (AvgIpc) is 3.20. The Hall–Kier alpha value is -3.32. The molecule has 0 radical (unpaired) electrons. The number of nitrogens with zero attached hydrogens (tertiary/aromatic N) is 1. The molecule has 7 heteroatoms. The monoisotopic (exact) mass is 507 g/mol. The zero-order valence-corrected chi connectivity index (χ0v) is 20.2. The molecule has 2 unspecified atom stereocenters. The number of carbonyl (C=O) groups is 1. The minimum absolute atomic E-state index is 0.0528. The third kappa shape index (κ3) is 4.19. The number of piperidine rings is 2. The van der Waals surface area contributed by atoms with Crippen LogP contribution in [0.1, 0.15) is 60.3 Å². The Morgan fingerprint density at radius 1 is 0.919 bits per heavy atom. The molecule has 3 aliphatic rings. The van der Waals surface area contributed by atoms with Gasteiger partial charge in [0.2, 0.25) is 0 Å². The van der Waals surface area contributed by atoms with Crippen LogP contribution in [-0.4, -0.2) is 34.8 Å². The van der Waals surface area contributed by atoms with E-state index in [2.05, 4.69) is 24.3 Å². The molecule has 1 aliphatic carbocycles. The Kier molecular flexibility index (Phi) is 5.79. The van der Waals surface area contributed by atoms with E-state index in [1.807, 2.05) is 24.3 Å². The third-order valence-electron chi connectivity index (χ3n) is 8.28. The third-order valence-corrected chi connectivity index (χ3v) is 8.28. The summed E-state index contributed by atoms with van der Waals surface area (Å²) in [4.78, 5) is 15.1. The van der Waals surface area contributed by atoms with Crippen LogP contribution in [0.15, 0.2) is 72.8 Å². The Balaban J connectivity index is 1.20. The second-order valence-electron chi connectivity index (χ2n) is 10.5. The van der Waals surface area contributed by atoms with Gasteiger partial charge >= 0.3 is 12.3 Å². The Morgan fingerprint density at radius 2 is 1.51 bits per heavy atom. The van der Waals surface area contributed by atoms with Gasteiger partial charge in [-0.3, -0.25) is 0 Å². The van der Waals surface area contributed by atoms with Crippen molar-refractivity contribution in [2.75, 3.05) is 6.61 Å². The van der Waals surface area contributed by atoms with Gasteiger partial charge in [0.15, 0.2) is 0 Å². The lowest BCUT2D eigenvalue weighted by Gasteiger charge is -2.51. The minimum atomic E-state index is -4.48. The predicted octanol–water partition coefficient (Wildman–Crippen LogP) is 6.86. The minimum Gasteiger partial charge on any atom is -0.448 e. The lowest BCUT2D eigenvalue weighted by molar-refractivity contribution is -0.138. The number of fused-ring (bicyclic) bond motifs is 5. The van der Waals surface area contributed by atoms with Crippen LogP contribution < -0.4 is 0 Å². The molecule has 2 atom stereocenters. The first-order valence-electron chi connectivity index (χ1n) is 12.8. The van der Waals surface area contributed by atoms with Crippen molar-refractivity contribution < 1.29 is 27.8 Å². The molecule has 2 heterocycles. The van der Waals surface area contributed by atoms with Crippen LogP contribution in [0.3, 0.4) is 0 Å². The number of alkyl halides is 3. The highest BCUT2D eigenvalue weighted by molar-refractivity contribution is 5.79. The smallest absolute Gasteiger partial charge is 0.416 e. The van der Waals surface area contributed by atoms with Gasteiger partial charge < -0.3 is 14.7 Å². The van der Waals surface area contributed by atoms with Gasteiger partial charge in [-0.25, -0.2) is 4.79 Å². The molecule has 2 bridgehead atoms. The first kappa shape index (κ1) is 24.0. The van der Waals surface area contributed by atoms with Gasteiger partial charge in [0, 0.05) is 30.8 Å². The molecular formula is C30H28F3NO3. The summed E-state index contributed by atoms with van der Waals surface area (Å²) in [5.41, 5.74) is 2.63. The highest BCUT2D eigenvalue weighted by Crippen LogP contribution is 2.47. The van der Waals surface area contributed by atoms with Crippen LogP contribution in [0.2, 0.25) is 0 Å². The summed E-state index contributed by atoms with van der Waals surface area (Å²) in [7, 11) is 0. The molecule has 3 aromatic rings. The highest BCUT2D eigenvalue weighted by Gasteiger charge is 2.49. The number of ether oxygens (including phenoxy) is 1. The molecule has 4 nitrogen and oxygen atoms in total. The number of carbonyl (C=O) groups excluding carboxylic acids is 1. The van der Waals surface area contributed by atoms with Crippen molar-refractivity contribution in [2.45, 2.75) is 61.9 Å². The van der Waals surface area contributed by atoms with Gasteiger partial charge in [0.05, 0.1) is 11.2 Å². The molecule has 1 N–H and O–H groups in total. The van der Waals surface area contributed by atoms with Crippen molar-refractivity contribution in [3.05, 3.63) is 95.1 Å². The van der Waals surface area contributed by atoms with Gasteiger partial charge in [-0.2, -0.15) is 13.2 Å². The van der Waals surface area contributed by atoms with Crippen LogP contribution in [0.25, 0.3) is 11.1 Å². The van der Waals surface area contributed by atoms with E-state index in [4.69, 9.17) is 4.74 Å². The van der Waals surface area contributed by atoms with Crippen LogP contribution in [-0.2, 0) is 16.5 Å². The summed E-state index contributed by atoms with van der Waals surface area (Å²) in [6.07, 6.45) is -2.25. The van der Waals surface area contributed by atoms with Crippen molar-refractivity contribution in [3.8, 4) is 11.1 Å². The normalized spacial score (nSPS) is 24.9. The summed E-state index contributed by atoms with van der Waals surface area (Å²) < 4.78 is 45.8. The van der Waals surface area contributed by atoms with Crippen molar-refractivity contribution in [2.24, 2.45) is 0 Å². The summed E-state index contributed by atoms with van der Waals surface area (Å²) in [5, 5.41) is 11.5. The average molecular weight is 508 g/mol. The lowest BCUT2D eigenvalue weighted by atomic mass is 9.72. The molecule has 0 saturated carbocycles. The largest absolute Gasteiger partial charge is 0.448 e.